The second-order valence-electron chi connectivity index (χ2n) is 11.0. The first-order valence-electron chi connectivity index (χ1n) is 14.0. The average Bonchev–Trinajstić information content (AvgIpc) is 3.53. The van der Waals surface area contributed by atoms with Crippen LogP contribution in [-0.2, 0) is 21.5 Å². The van der Waals surface area contributed by atoms with Crippen LogP contribution in [0.15, 0.2) is 75.9 Å². The van der Waals surface area contributed by atoms with Crippen LogP contribution in [0.2, 0.25) is 0 Å². The predicted octanol–water partition coefficient (Wildman–Crippen LogP) is 4.23. The molecule has 0 spiro atoms. The number of hydrogen-bond acceptors (Lipinski definition) is 7. The van der Waals surface area contributed by atoms with Crippen LogP contribution in [-0.4, -0.2) is 53.2 Å². The van der Waals surface area contributed by atoms with Crippen molar-refractivity contribution in [3.8, 4) is 5.75 Å². The number of rotatable bonds is 9. The van der Waals surface area contributed by atoms with Gasteiger partial charge in [0.15, 0.2) is 5.58 Å². The van der Waals surface area contributed by atoms with E-state index in [1.54, 1.807) is 53.1 Å². The molecule has 42 heavy (non-hydrogen) atoms. The highest BCUT2D eigenvalue weighted by molar-refractivity contribution is 7.59. The minimum atomic E-state index is -0.686. The predicted molar refractivity (Wildman–Crippen MR) is 163 cm³/mol. The second kappa shape index (κ2) is 12.1. The van der Waals surface area contributed by atoms with E-state index < -0.39 is 17.1 Å². The van der Waals surface area contributed by atoms with Gasteiger partial charge >= 0.3 is 11.7 Å². The fraction of sp³-hybridized carbons (Fsp3) is 0.344. The van der Waals surface area contributed by atoms with Gasteiger partial charge in [0.2, 0.25) is 5.91 Å². The van der Waals surface area contributed by atoms with E-state index in [-0.39, 0.29) is 37.7 Å². The zero-order valence-electron chi connectivity index (χ0n) is 23.5. The number of phenols is 1. The number of carbonyl (C=O) groups is 2. The van der Waals surface area contributed by atoms with Crippen molar-refractivity contribution >= 4 is 36.5 Å². The zero-order chi connectivity index (χ0) is 28.6. The Morgan fingerprint density at radius 2 is 1.79 bits per heavy atom. The lowest BCUT2D eigenvalue weighted by Gasteiger charge is -2.27. The maximum Gasteiger partial charge on any atom is 0.420 e. The number of aromatic hydroxyl groups is 1. The summed E-state index contributed by atoms with van der Waals surface area (Å²) in [6.45, 7) is 2.93. The smallest absolute Gasteiger partial charge is 0.420 e. The Balaban J connectivity index is 0.00000353. The average molecular weight is 590 g/mol. The Morgan fingerprint density at radius 3 is 2.45 bits per heavy atom. The molecule has 9 nitrogen and oxygen atoms in total. The van der Waals surface area contributed by atoms with Gasteiger partial charge in [0.25, 0.3) is 0 Å². The first kappa shape index (κ1) is 29.5. The van der Waals surface area contributed by atoms with Crippen molar-refractivity contribution in [2.45, 2.75) is 43.7 Å². The fourth-order valence-corrected chi connectivity index (χ4v) is 5.82. The summed E-state index contributed by atoms with van der Waals surface area (Å²) in [5.41, 5.74) is 3.35. The van der Waals surface area contributed by atoms with E-state index in [1.165, 1.54) is 7.11 Å². The molecule has 2 N–H and O–H groups in total. The molecule has 1 saturated heterocycles. The van der Waals surface area contributed by atoms with Gasteiger partial charge < -0.3 is 24.5 Å². The van der Waals surface area contributed by atoms with Crippen LogP contribution in [0, 0.1) is 0 Å². The lowest BCUT2D eigenvalue weighted by atomic mass is 9.93. The summed E-state index contributed by atoms with van der Waals surface area (Å²) in [6, 6.07) is 19.2. The van der Waals surface area contributed by atoms with Crippen LogP contribution in [0.3, 0.4) is 0 Å². The summed E-state index contributed by atoms with van der Waals surface area (Å²) in [6.07, 6.45) is 3.70. The largest absolute Gasteiger partial charge is 0.508 e. The topological polar surface area (TPSA) is 114 Å². The fourth-order valence-electron chi connectivity index (χ4n) is 5.82. The van der Waals surface area contributed by atoms with Gasteiger partial charge in [0.1, 0.15) is 5.75 Å². The first-order chi connectivity index (χ1) is 19.9. The molecule has 3 aromatic carbocycles. The monoisotopic (exact) mass is 589 g/mol. The third-order valence-electron chi connectivity index (χ3n) is 8.34. The normalized spacial score (nSPS) is 16.5. The lowest BCUT2D eigenvalue weighted by molar-refractivity contribution is -0.124. The maximum atomic E-state index is 13.9. The van der Waals surface area contributed by atoms with Gasteiger partial charge in [-0.25, -0.2) is 9.59 Å². The lowest BCUT2D eigenvalue weighted by Crippen LogP contribution is -2.41. The number of nitrogens with one attached hydrogen (secondary N) is 1. The second-order valence-corrected chi connectivity index (χ2v) is 11.0. The van der Waals surface area contributed by atoms with Crippen LogP contribution in [0.4, 0.5) is 0 Å². The molecule has 0 radical (unpaired) electrons. The molecule has 4 aromatic rings. The van der Waals surface area contributed by atoms with Crippen molar-refractivity contribution in [3.63, 3.8) is 0 Å². The van der Waals surface area contributed by atoms with Gasteiger partial charge in [-0.05, 0) is 91.9 Å². The minimum Gasteiger partial charge on any atom is -0.508 e. The Labute approximate surface area is 250 Å². The molecule has 2 heterocycles. The summed E-state index contributed by atoms with van der Waals surface area (Å²) < 4.78 is 11.8. The molecule has 2 aliphatic rings. The number of ether oxygens (including phenoxy) is 1. The highest BCUT2D eigenvalue weighted by Crippen LogP contribution is 2.49. The molecule has 220 valence electrons. The number of benzene rings is 3. The SMILES string of the molecule is COC(=O)c1ccc(Cn2c(=O)oc3ccc(C4(C(=O)N[C@H](CN5CCCC5)c5cccc(O)c5)CC4)cc32)cc1.S. The molecular weight excluding hydrogens is 554 g/mol. The zero-order valence-corrected chi connectivity index (χ0v) is 24.5. The van der Waals surface area contributed by atoms with Crippen LogP contribution >= 0.6 is 13.5 Å². The van der Waals surface area contributed by atoms with Crippen molar-refractivity contribution in [1.29, 1.82) is 0 Å². The van der Waals surface area contributed by atoms with Crippen molar-refractivity contribution in [3.05, 3.63) is 99.5 Å². The molecule has 1 aromatic heterocycles. The molecule has 1 atom stereocenters. The van der Waals surface area contributed by atoms with Crippen LogP contribution in [0.5, 0.6) is 5.75 Å². The van der Waals surface area contributed by atoms with Crippen LogP contribution < -0.4 is 11.1 Å². The van der Waals surface area contributed by atoms with E-state index in [2.05, 4.69) is 10.2 Å². The van der Waals surface area contributed by atoms with E-state index in [1.807, 2.05) is 18.2 Å². The van der Waals surface area contributed by atoms with Crippen LogP contribution in [0.1, 0.15) is 58.8 Å². The summed E-state index contributed by atoms with van der Waals surface area (Å²) in [7, 11) is 1.33. The number of likely N-dealkylation sites (tertiary alicyclic amines) is 1. The van der Waals surface area contributed by atoms with Gasteiger partial charge in [0, 0.05) is 6.54 Å². The molecule has 2 fully saturated rings. The number of carbonyl (C=O) groups excluding carboxylic acids is 2. The van der Waals surface area contributed by atoms with Crippen molar-refractivity contribution < 1.29 is 23.8 Å². The van der Waals surface area contributed by atoms with E-state index in [0.717, 1.165) is 42.6 Å². The number of aromatic nitrogens is 1. The Bertz CT molecular complexity index is 1650. The number of nitrogens with zero attached hydrogens (tertiary/aromatic N) is 2. The van der Waals surface area contributed by atoms with Crippen LogP contribution in [0.25, 0.3) is 11.1 Å². The third-order valence-corrected chi connectivity index (χ3v) is 8.34. The van der Waals surface area contributed by atoms with Gasteiger partial charge in [-0.2, -0.15) is 13.5 Å². The van der Waals surface area contributed by atoms with Gasteiger partial charge in [-0.15, -0.1) is 0 Å². The summed E-state index contributed by atoms with van der Waals surface area (Å²) in [5.74, 6) is -0.794. The molecule has 1 aliphatic heterocycles. The van der Waals surface area contributed by atoms with Crippen molar-refractivity contribution in [2.75, 3.05) is 26.7 Å². The van der Waals surface area contributed by atoms with E-state index >= 15 is 0 Å². The summed E-state index contributed by atoms with van der Waals surface area (Å²) >= 11 is 0. The number of methoxy groups -OCH3 is 1. The third kappa shape index (κ3) is 5.82. The van der Waals surface area contributed by atoms with Gasteiger partial charge in [0.05, 0.1) is 36.2 Å². The molecule has 1 amide bonds. The Hall–Kier alpha value is -4.02. The Morgan fingerprint density at radius 1 is 1.05 bits per heavy atom. The summed E-state index contributed by atoms with van der Waals surface area (Å²) in [5, 5.41) is 13.4. The standard InChI is InChI=1S/C32H33N3O6.H2S/c1-40-29(37)22-9-7-21(8-10-22)19-35-27-18-24(11-12-28(27)41-31(35)39)32(13-14-32)30(38)33-26(20-34-15-2-3-16-34)23-5-4-6-25(36)17-23;/h4-12,17-18,26,36H,2-3,13-16,19-20H2,1H3,(H,33,38);1H2/t26-;/m1./s1. The molecule has 0 unspecified atom stereocenters. The molecule has 6 rings (SSSR count). The van der Waals surface area contributed by atoms with Crippen molar-refractivity contribution in [2.24, 2.45) is 0 Å². The highest BCUT2D eigenvalue weighted by Gasteiger charge is 2.52. The van der Waals surface area contributed by atoms with Gasteiger partial charge in [-0.3, -0.25) is 9.36 Å². The van der Waals surface area contributed by atoms with E-state index in [4.69, 9.17) is 9.15 Å². The summed E-state index contributed by atoms with van der Waals surface area (Å²) in [4.78, 5) is 40.8. The minimum absolute atomic E-state index is 0. The number of fused-ring (bicyclic) bond motifs is 1. The maximum absolute atomic E-state index is 13.9. The number of esters is 1. The molecule has 0 bridgehead atoms. The first-order valence-corrected chi connectivity index (χ1v) is 14.0. The van der Waals surface area contributed by atoms with E-state index in [0.29, 0.717) is 36.0 Å². The number of phenolic OH excluding ortho intramolecular Hbond substituents is 1. The van der Waals surface area contributed by atoms with E-state index in [9.17, 15) is 19.5 Å². The number of oxazole rings is 1. The quantitative estimate of drug-likeness (QED) is 0.281. The molecule has 10 heteroatoms. The molecular formula is C32H35N3O6S. The molecule has 1 saturated carbocycles. The Kier molecular flexibility index (Phi) is 8.47. The highest BCUT2D eigenvalue weighted by atomic mass is 32.1. The van der Waals surface area contributed by atoms with Crippen molar-refractivity contribution in [1.82, 2.24) is 14.8 Å². The number of hydrogen-bond donors (Lipinski definition) is 2. The van der Waals surface area contributed by atoms with Gasteiger partial charge in [-0.1, -0.05) is 30.3 Å². The number of amides is 1. The molecule has 1 aliphatic carbocycles.